The van der Waals surface area contributed by atoms with Crippen LogP contribution in [-0.2, 0) is 16.6 Å². The zero-order valence-corrected chi connectivity index (χ0v) is 16.8. The molecule has 1 N–H and O–H groups in total. The van der Waals surface area contributed by atoms with Gasteiger partial charge in [0.25, 0.3) is 5.91 Å². The first-order valence-corrected chi connectivity index (χ1v) is 8.50. The highest BCUT2D eigenvalue weighted by Crippen LogP contribution is 2.36. The van der Waals surface area contributed by atoms with Gasteiger partial charge in [0.1, 0.15) is 0 Å². The fourth-order valence-electron chi connectivity index (χ4n) is 2.50. The Hall–Kier alpha value is -2.74. The highest BCUT2D eigenvalue weighted by molar-refractivity contribution is 6.32. The highest BCUT2D eigenvalue weighted by Gasteiger charge is 2.23. The van der Waals surface area contributed by atoms with Crippen molar-refractivity contribution in [3.63, 3.8) is 0 Å². The third-order valence-electron chi connectivity index (χ3n) is 4.08. The standard InChI is InChI=1S/C18H22ClN3O5/c1-9-15(10(2)22(4)21-9)20-17(23)11(3)27-18(24)12-7-13(19)16(26-6)14(8-12)25-5/h7-8,11H,1-6H3,(H,20,23)/t11-/m1/s1. The van der Waals surface area contributed by atoms with Crippen LogP contribution in [0.1, 0.15) is 28.7 Å². The number of nitrogens with one attached hydrogen (secondary N) is 1. The Balaban J connectivity index is 2.13. The summed E-state index contributed by atoms with van der Waals surface area (Å²) in [4.78, 5) is 24.8. The molecule has 9 heteroatoms. The maximum atomic E-state index is 12.4. The van der Waals surface area contributed by atoms with E-state index in [9.17, 15) is 9.59 Å². The fourth-order valence-corrected chi connectivity index (χ4v) is 2.79. The van der Waals surface area contributed by atoms with Gasteiger partial charge >= 0.3 is 5.97 Å². The second-order valence-electron chi connectivity index (χ2n) is 5.90. The highest BCUT2D eigenvalue weighted by atomic mass is 35.5. The summed E-state index contributed by atoms with van der Waals surface area (Å²) in [6.07, 6.45) is -1.02. The lowest BCUT2D eigenvalue weighted by Crippen LogP contribution is -2.30. The molecular weight excluding hydrogens is 374 g/mol. The van der Waals surface area contributed by atoms with Crippen molar-refractivity contribution in [3.05, 3.63) is 34.1 Å². The maximum absolute atomic E-state index is 12.4. The number of carbonyl (C=O) groups is 2. The second-order valence-corrected chi connectivity index (χ2v) is 6.31. The molecule has 27 heavy (non-hydrogen) atoms. The molecule has 0 saturated heterocycles. The summed E-state index contributed by atoms with van der Waals surface area (Å²) in [6.45, 7) is 5.10. The number of benzene rings is 1. The van der Waals surface area contributed by atoms with Crippen LogP contribution in [0.15, 0.2) is 12.1 Å². The lowest BCUT2D eigenvalue weighted by atomic mass is 10.2. The molecule has 0 aliphatic carbocycles. The number of anilines is 1. The van der Waals surface area contributed by atoms with Gasteiger partial charge in [-0.2, -0.15) is 5.10 Å². The SMILES string of the molecule is COc1cc(C(=O)O[C@H](C)C(=O)Nc2c(C)nn(C)c2C)cc(Cl)c1OC. The zero-order valence-electron chi connectivity index (χ0n) is 16.0. The van der Waals surface area contributed by atoms with E-state index < -0.39 is 18.0 Å². The van der Waals surface area contributed by atoms with Crippen molar-refractivity contribution in [1.29, 1.82) is 0 Å². The van der Waals surface area contributed by atoms with Crippen LogP contribution in [0.25, 0.3) is 0 Å². The molecular formula is C18H22ClN3O5. The van der Waals surface area contributed by atoms with Gasteiger partial charge in [-0.05, 0) is 32.9 Å². The first-order valence-electron chi connectivity index (χ1n) is 8.13. The van der Waals surface area contributed by atoms with Crippen LogP contribution < -0.4 is 14.8 Å². The lowest BCUT2D eigenvalue weighted by molar-refractivity contribution is -0.123. The second kappa shape index (κ2) is 8.30. The van der Waals surface area contributed by atoms with Gasteiger partial charge in [0.2, 0.25) is 0 Å². The predicted octanol–water partition coefficient (Wildman–Crippen LogP) is 2.89. The summed E-state index contributed by atoms with van der Waals surface area (Å²) in [7, 11) is 4.65. The molecule has 0 spiro atoms. The quantitative estimate of drug-likeness (QED) is 0.756. The molecule has 0 bridgehead atoms. The van der Waals surface area contributed by atoms with Crippen LogP contribution >= 0.6 is 11.6 Å². The van der Waals surface area contributed by atoms with E-state index in [-0.39, 0.29) is 16.3 Å². The molecule has 146 valence electrons. The lowest BCUT2D eigenvalue weighted by Gasteiger charge is -2.15. The third-order valence-corrected chi connectivity index (χ3v) is 4.36. The molecule has 0 aliphatic rings. The summed E-state index contributed by atoms with van der Waals surface area (Å²) < 4.78 is 17.2. The Kier molecular flexibility index (Phi) is 6.32. The summed E-state index contributed by atoms with van der Waals surface area (Å²) in [5.41, 5.74) is 2.21. The van der Waals surface area contributed by atoms with Crippen LogP contribution in [0.4, 0.5) is 5.69 Å². The normalized spacial score (nSPS) is 11.7. The average molecular weight is 396 g/mol. The Bertz CT molecular complexity index is 878. The topological polar surface area (TPSA) is 91.7 Å². The van der Waals surface area contributed by atoms with Crippen molar-refractivity contribution in [1.82, 2.24) is 9.78 Å². The molecule has 1 aromatic heterocycles. The van der Waals surface area contributed by atoms with Gasteiger partial charge in [-0.1, -0.05) is 11.6 Å². The molecule has 0 saturated carbocycles. The van der Waals surface area contributed by atoms with Crippen LogP contribution in [0.5, 0.6) is 11.5 Å². The molecule has 0 unspecified atom stereocenters. The van der Waals surface area contributed by atoms with Gasteiger partial charge in [-0.25, -0.2) is 4.79 Å². The van der Waals surface area contributed by atoms with E-state index in [1.807, 2.05) is 6.92 Å². The van der Waals surface area contributed by atoms with Gasteiger partial charge in [-0.3, -0.25) is 9.48 Å². The fraction of sp³-hybridized carbons (Fsp3) is 0.389. The number of carbonyl (C=O) groups excluding carboxylic acids is 2. The Labute approximate surface area is 162 Å². The zero-order chi connectivity index (χ0) is 20.3. The van der Waals surface area contributed by atoms with Gasteiger partial charge in [-0.15, -0.1) is 0 Å². The first kappa shape index (κ1) is 20.6. The van der Waals surface area contributed by atoms with Crippen LogP contribution in [-0.4, -0.2) is 42.0 Å². The van der Waals surface area contributed by atoms with Crippen molar-refractivity contribution in [2.24, 2.45) is 7.05 Å². The summed E-state index contributed by atoms with van der Waals surface area (Å²) in [5.74, 6) is -0.575. The Morgan fingerprint density at radius 2 is 1.89 bits per heavy atom. The number of nitrogens with zero attached hydrogens (tertiary/aromatic N) is 2. The number of halogens is 1. The Morgan fingerprint density at radius 3 is 2.41 bits per heavy atom. The van der Waals surface area contributed by atoms with Crippen molar-refractivity contribution < 1.29 is 23.8 Å². The molecule has 1 atom stereocenters. The maximum Gasteiger partial charge on any atom is 0.339 e. The largest absolute Gasteiger partial charge is 0.493 e. The molecule has 0 radical (unpaired) electrons. The van der Waals surface area contributed by atoms with E-state index in [0.717, 1.165) is 5.69 Å². The van der Waals surface area contributed by atoms with Gasteiger partial charge in [0.05, 0.1) is 41.9 Å². The molecule has 0 aliphatic heterocycles. The van der Waals surface area contributed by atoms with Crippen molar-refractivity contribution in [2.75, 3.05) is 19.5 Å². The van der Waals surface area contributed by atoms with Crippen LogP contribution in [0.3, 0.4) is 0 Å². The molecule has 8 nitrogen and oxygen atoms in total. The van der Waals surface area contributed by atoms with E-state index in [1.54, 1.807) is 18.7 Å². The van der Waals surface area contributed by atoms with Crippen LogP contribution in [0, 0.1) is 13.8 Å². The number of hydrogen-bond acceptors (Lipinski definition) is 6. The summed E-state index contributed by atoms with van der Waals surface area (Å²) in [5, 5.41) is 7.17. The number of methoxy groups -OCH3 is 2. The predicted molar refractivity (Wildman–Crippen MR) is 101 cm³/mol. The van der Waals surface area contributed by atoms with Gasteiger partial charge in [0.15, 0.2) is 17.6 Å². The molecule has 1 amide bonds. The number of aryl methyl sites for hydroxylation is 2. The van der Waals surface area contributed by atoms with Crippen molar-refractivity contribution >= 4 is 29.2 Å². The third kappa shape index (κ3) is 4.33. The average Bonchev–Trinajstić information content (AvgIpc) is 2.86. The van der Waals surface area contributed by atoms with Crippen molar-refractivity contribution in [3.8, 4) is 11.5 Å². The molecule has 1 aromatic carbocycles. The van der Waals surface area contributed by atoms with Crippen molar-refractivity contribution in [2.45, 2.75) is 26.9 Å². The van der Waals surface area contributed by atoms with Crippen LogP contribution in [0.2, 0.25) is 5.02 Å². The molecule has 1 heterocycles. The number of amides is 1. The smallest absolute Gasteiger partial charge is 0.339 e. The summed E-state index contributed by atoms with van der Waals surface area (Å²) >= 11 is 6.10. The summed E-state index contributed by atoms with van der Waals surface area (Å²) in [6, 6.07) is 2.83. The number of esters is 1. The number of aromatic nitrogens is 2. The van der Waals surface area contributed by atoms with E-state index in [4.69, 9.17) is 25.8 Å². The van der Waals surface area contributed by atoms with Gasteiger partial charge in [0, 0.05) is 7.05 Å². The number of hydrogen-bond donors (Lipinski definition) is 1. The minimum Gasteiger partial charge on any atom is -0.493 e. The minimum atomic E-state index is -1.02. The molecule has 2 rings (SSSR count). The molecule has 2 aromatic rings. The number of ether oxygens (including phenoxy) is 3. The van der Waals surface area contributed by atoms with E-state index in [2.05, 4.69) is 10.4 Å². The Morgan fingerprint density at radius 1 is 1.22 bits per heavy atom. The van der Waals surface area contributed by atoms with E-state index >= 15 is 0 Å². The molecule has 0 fully saturated rings. The first-order chi connectivity index (χ1) is 12.7. The van der Waals surface area contributed by atoms with E-state index in [0.29, 0.717) is 17.1 Å². The van der Waals surface area contributed by atoms with E-state index in [1.165, 1.54) is 33.3 Å². The minimum absolute atomic E-state index is 0.144. The number of rotatable bonds is 6. The monoisotopic (exact) mass is 395 g/mol. The van der Waals surface area contributed by atoms with Gasteiger partial charge < -0.3 is 19.5 Å².